The van der Waals surface area contributed by atoms with Gasteiger partial charge in [-0.2, -0.15) is 4.98 Å². The van der Waals surface area contributed by atoms with Crippen LogP contribution < -0.4 is 4.90 Å². The summed E-state index contributed by atoms with van der Waals surface area (Å²) in [7, 11) is 0. The Bertz CT molecular complexity index is 273. The molecule has 1 unspecified atom stereocenters. The third kappa shape index (κ3) is 2.47. The van der Waals surface area contributed by atoms with Gasteiger partial charge in [-0.1, -0.05) is 22.9 Å². The first kappa shape index (κ1) is 11.5. The SMILES string of the molecule is CCC(Br)c1nc(N(CC)CC)no1. The Hall–Kier alpha value is -0.580. The molecule has 5 heteroatoms. The van der Waals surface area contributed by atoms with Gasteiger partial charge in [-0.25, -0.2) is 0 Å². The highest BCUT2D eigenvalue weighted by atomic mass is 79.9. The van der Waals surface area contributed by atoms with Crippen LogP contribution in [0, 0.1) is 0 Å². The van der Waals surface area contributed by atoms with Crippen molar-refractivity contribution in [2.45, 2.75) is 32.0 Å². The lowest BCUT2D eigenvalue weighted by Crippen LogP contribution is -2.23. The highest BCUT2D eigenvalue weighted by Crippen LogP contribution is 2.25. The van der Waals surface area contributed by atoms with E-state index in [-0.39, 0.29) is 4.83 Å². The summed E-state index contributed by atoms with van der Waals surface area (Å²) in [5.74, 6) is 1.34. The van der Waals surface area contributed by atoms with E-state index in [4.69, 9.17) is 4.52 Å². The van der Waals surface area contributed by atoms with Crippen molar-refractivity contribution in [3.8, 4) is 0 Å². The maximum atomic E-state index is 5.15. The van der Waals surface area contributed by atoms with Gasteiger partial charge in [0.25, 0.3) is 5.95 Å². The van der Waals surface area contributed by atoms with Crippen molar-refractivity contribution in [3.05, 3.63) is 5.89 Å². The number of hydrogen-bond acceptors (Lipinski definition) is 4. The Balaban J connectivity index is 2.76. The Labute approximate surface area is 92.8 Å². The highest BCUT2D eigenvalue weighted by molar-refractivity contribution is 9.09. The van der Waals surface area contributed by atoms with Gasteiger partial charge in [0.1, 0.15) is 0 Å². The van der Waals surface area contributed by atoms with Gasteiger partial charge in [-0.3, -0.25) is 0 Å². The number of rotatable bonds is 5. The fraction of sp³-hybridized carbons (Fsp3) is 0.778. The molecule has 1 rings (SSSR count). The molecule has 0 saturated carbocycles. The van der Waals surface area contributed by atoms with Crippen LogP contribution in [0.2, 0.25) is 0 Å². The second-order valence-corrected chi connectivity index (χ2v) is 4.09. The van der Waals surface area contributed by atoms with Gasteiger partial charge in [-0.15, -0.1) is 0 Å². The predicted molar refractivity (Wildman–Crippen MR) is 59.8 cm³/mol. The Morgan fingerprint density at radius 2 is 2.00 bits per heavy atom. The molecule has 1 atom stereocenters. The molecule has 14 heavy (non-hydrogen) atoms. The average Bonchev–Trinajstić information content (AvgIpc) is 2.68. The molecular formula is C9H16BrN3O. The van der Waals surface area contributed by atoms with Crippen LogP contribution in [0.15, 0.2) is 4.52 Å². The maximum absolute atomic E-state index is 5.15. The van der Waals surface area contributed by atoms with Gasteiger partial charge in [0.05, 0.1) is 4.83 Å². The predicted octanol–water partition coefficient (Wildman–Crippen LogP) is 2.76. The van der Waals surface area contributed by atoms with Crippen LogP contribution in [-0.4, -0.2) is 23.2 Å². The van der Waals surface area contributed by atoms with Crippen molar-refractivity contribution >= 4 is 21.9 Å². The van der Waals surface area contributed by atoms with Crippen LogP contribution in [0.25, 0.3) is 0 Å². The molecule has 0 aliphatic rings. The summed E-state index contributed by atoms with van der Waals surface area (Å²) in [4.78, 5) is 6.55. The molecule has 0 saturated heterocycles. The number of anilines is 1. The Kier molecular flexibility index (Phi) is 4.38. The monoisotopic (exact) mass is 261 g/mol. The first-order valence-electron chi connectivity index (χ1n) is 4.95. The molecule has 0 amide bonds. The van der Waals surface area contributed by atoms with E-state index >= 15 is 0 Å². The molecule has 0 radical (unpaired) electrons. The van der Waals surface area contributed by atoms with Gasteiger partial charge in [0, 0.05) is 13.1 Å². The summed E-state index contributed by atoms with van der Waals surface area (Å²) in [6.07, 6.45) is 0.944. The van der Waals surface area contributed by atoms with Crippen molar-refractivity contribution in [2.75, 3.05) is 18.0 Å². The van der Waals surface area contributed by atoms with Gasteiger partial charge in [-0.05, 0) is 25.4 Å². The zero-order chi connectivity index (χ0) is 10.6. The van der Waals surface area contributed by atoms with Crippen molar-refractivity contribution in [2.24, 2.45) is 0 Å². The van der Waals surface area contributed by atoms with Crippen molar-refractivity contribution < 1.29 is 4.52 Å². The minimum absolute atomic E-state index is 0.166. The van der Waals surface area contributed by atoms with Crippen LogP contribution in [0.3, 0.4) is 0 Å². The van der Waals surface area contributed by atoms with Crippen molar-refractivity contribution in [3.63, 3.8) is 0 Å². The van der Waals surface area contributed by atoms with Crippen LogP contribution >= 0.6 is 15.9 Å². The number of aromatic nitrogens is 2. The van der Waals surface area contributed by atoms with Gasteiger partial charge >= 0.3 is 0 Å². The molecule has 1 heterocycles. The third-order valence-electron chi connectivity index (χ3n) is 2.10. The van der Waals surface area contributed by atoms with E-state index in [0.717, 1.165) is 19.5 Å². The summed E-state index contributed by atoms with van der Waals surface area (Å²) >= 11 is 3.48. The topological polar surface area (TPSA) is 42.2 Å². The fourth-order valence-corrected chi connectivity index (χ4v) is 1.35. The summed E-state index contributed by atoms with van der Waals surface area (Å²) in [6, 6.07) is 0. The normalized spacial score (nSPS) is 12.9. The molecular weight excluding hydrogens is 246 g/mol. The fourth-order valence-electron chi connectivity index (χ4n) is 1.16. The van der Waals surface area contributed by atoms with E-state index in [1.165, 1.54) is 0 Å². The summed E-state index contributed by atoms with van der Waals surface area (Å²) in [6.45, 7) is 8.01. The minimum atomic E-state index is 0.166. The van der Waals surface area contributed by atoms with E-state index in [0.29, 0.717) is 11.8 Å². The summed E-state index contributed by atoms with van der Waals surface area (Å²) in [5.41, 5.74) is 0. The Morgan fingerprint density at radius 3 is 2.50 bits per heavy atom. The van der Waals surface area contributed by atoms with Gasteiger partial charge in [0.2, 0.25) is 5.89 Å². The average molecular weight is 262 g/mol. The summed E-state index contributed by atoms with van der Waals surface area (Å²) in [5, 5.41) is 3.94. The largest absolute Gasteiger partial charge is 0.339 e. The Morgan fingerprint density at radius 1 is 1.36 bits per heavy atom. The number of nitrogens with zero attached hydrogens (tertiary/aromatic N) is 3. The zero-order valence-electron chi connectivity index (χ0n) is 8.83. The second-order valence-electron chi connectivity index (χ2n) is 2.98. The minimum Gasteiger partial charge on any atom is -0.339 e. The molecule has 0 spiro atoms. The van der Waals surface area contributed by atoms with Crippen molar-refractivity contribution in [1.82, 2.24) is 10.1 Å². The van der Waals surface area contributed by atoms with E-state index in [2.05, 4.69) is 51.7 Å². The quantitative estimate of drug-likeness (QED) is 0.765. The second kappa shape index (κ2) is 5.34. The molecule has 0 aliphatic heterocycles. The lowest BCUT2D eigenvalue weighted by Gasteiger charge is -2.14. The summed E-state index contributed by atoms with van der Waals surface area (Å²) < 4.78 is 5.15. The lowest BCUT2D eigenvalue weighted by atomic mass is 10.3. The first-order chi connectivity index (χ1) is 6.72. The van der Waals surface area contributed by atoms with Crippen LogP contribution in [-0.2, 0) is 0 Å². The molecule has 1 aromatic heterocycles. The lowest BCUT2D eigenvalue weighted by molar-refractivity contribution is 0.375. The number of hydrogen-bond donors (Lipinski definition) is 0. The van der Waals surface area contributed by atoms with Crippen LogP contribution in [0.4, 0.5) is 5.95 Å². The van der Waals surface area contributed by atoms with E-state index < -0.39 is 0 Å². The zero-order valence-corrected chi connectivity index (χ0v) is 10.4. The molecule has 80 valence electrons. The third-order valence-corrected chi connectivity index (χ3v) is 3.14. The highest BCUT2D eigenvalue weighted by Gasteiger charge is 2.16. The van der Waals surface area contributed by atoms with E-state index in [1.54, 1.807) is 0 Å². The van der Waals surface area contributed by atoms with Crippen molar-refractivity contribution in [1.29, 1.82) is 0 Å². The number of halogens is 1. The van der Waals surface area contributed by atoms with E-state index in [1.807, 2.05) is 0 Å². The van der Waals surface area contributed by atoms with E-state index in [9.17, 15) is 0 Å². The van der Waals surface area contributed by atoms with Crippen LogP contribution in [0.1, 0.15) is 37.9 Å². The molecule has 0 aliphatic carbocycles. The van der Waals surface area contributed by atoms with Gasteiger partial charge < -0.3 is 9.42 Å². The molecule has 1 aromatic rings. The van der Waals surface area contributed by atoms with Gasteiger partial charge in [0.15, 0.2) is 0 Å². The molecule has 4 nitrogen and oxygen atoms in total. The smallest absolute Gasteiger partial charge is 0.266 e. The maximum Gasteiger partial charge on any atom is 0.266 e. The first-order valence-corrected chi connectivity index (χ1v) is 5.87. The molecule has 0 fully saturated rings. The molecule has 0 N–H and O–H groups in total. The number of alkyl halides is 1. The molecule has 0 aromatic carbocycles. The van der Waals surface area contributed by atoms with Crippen LogP contribution in [0.5, 0.6) is 0 Å². The molecule has 0 bridgehead atoms. The standard InChI is InChI=1S/C9H16BrN3O/c1-4-7(10)8-11-9(12-14-8)13(5-2)6-3/h7H,4-6H2,1-3H3.